The highest BCUT2D eigenvalue weighted by atomic mass is 16.6. The summed E-state index contributed by atoms with van der Waals surface area (Å²) < 4.78 is 11.4. The summed E-state index contributed by atoms with van der Waals surface area (Å²) in [4.78, 5) is 24.9. The van der Waals surface area contributed by atoms with Gasteiger partial charge >= 0.3 is 11.9 Å². The number of aliphatic hydroxyl groups excluding tert-OH is 1. The maximum atomic E-state index is 12.6. The number of carbonyl (C=O) groups is 2. The molecular weight excluding hydrogens is 372 g/mol. The Balaban J connectivity index is 1.58. The minimum atomic E-state index is -0.663. The number of aromatic hydroxyl groups is 1. The van der Waals surface area contributed by atoms with Crippen molar-refractivity contribution >= 4 is 11.9 Å². The van der Waals surface area contributed by atoms with Crippen LogP contribution in [0.25, 0.3) is 0 Å². The van der Waals surface area contributed by atoms with Gasteiger partial charge in [-0.3, -0.25) is 4.79 Å². The zero-order chi connectivity index (χ0) is 20.9. The minimum absolute atomic E-state index is 0.0419. The molecule has 152 valence electrons. The molecule has 29 heavy (non-hydrogen) atoms. The summed E-state index contributed by atoms with van der Waals surface area (Å²) in [6.45, 7) is 12.1. The van der Waals surface area contributed by atoms with E-state index in [-0.39, 0.29) is 29.6 Å². The van der Waals surface area contributed by atoms with E-state index in [2.05, 4.69) is 19.7 Å². The number of ether oxygens (including phenoxy) is 2. The smallest absolute Gasteiger partial charge is 0.334 e. The van der Waals surface area contributed by atoms with Crippen LogP contribution < -0.4 is 0 Å². The molecule has 2 saturated carbocycles. The maximum absolute atomic E-state index is 12.6. The molecule has 1 aromatic rings. The van der Waals surface area contributed by atoms with Gasteiger partial charge in [0.05, 0.1) is 18.4 Å². The second-order valence-electron chi connectivity index (χ2n) is 8.11. The van der Waals surface area contributed by atoms with Crippen LogP contribution in [-0.2, 0) is 25.5 Å². The van der Waals surface area contributed by atoms with Crippen LogP contribution in [0.2, 0.25) is 0 Å². The average Bonchev–Trinajstić information content (AvgIpc) is 3.09. The standard InChI is InChI=1S/C23H24O6/c1-11-8-18(28-19(26)9-14-4-6-15(24)7-5-14)21-13(3)23(27)29-22(21)20-12(2)17(25)10-16(11)20/h4-7,16-18,20-22,24-25H,1-3,8-10H2. The van der Waals surface area contributed by atoms with Gasteiger partial charge < -0.3 is 19.7 Å². The van der Waals surface area contributed by atoms with Crippen molar-refractivity contribution in [2.45, 2.75) is 37.6 Å². The Morgan fingerprint density at radius 1 is 1.17 bits per heavy atom. The molecule has 3 fully saturated rings. The molecular formula is C23H24O6. The summed E-state index contributed by atoms with van der Waals surface area (Å²) in [5.41, 5.74) is 2.47. The normalized spacial score (nSPS) is 33.7. The monoisotopic (exact) mass is 396 g/mol. The molecule has 0 bridgehead atoms. The molecule has 1 heterocycles. The number of phenolic OH excluding ortho intramolecular Hbond substituents is 1. The van der Waals surface area contributed by atoms with Crippen LogP contribution in [0.1, 0.15) is 18.4 Å². The lowest BCUT2D eigenvalue weighted by Crippen LogP contribution is -2.36. The molecule has 2 aliphatic carbocycles. The molecule has 4 rings (SSSR count). The Hall–Kier alpha value is -2.86. The quantitative estimate of drug-likeness (QED) is 0.463. The highest BCUT2D eigenvalue weighted by molar-refractivity contribution is 5.91. The summed E-state index contributed by atoms with van der Waals surface area (Å²) in [6, 6.07) is 6.33. The second kappa shape index (κ2) is 7.19. The van der Waals surface area contributed by atoms with E-state index in [1.54, 1.807) is 12.1 Å². The first-order valence-corrected chi connectivity index (χ1v) is 9.68. The topological polar surface area (TPSA) is 93.1 Å². The molecule has 1 saturated heterocycles. The molecule has 2 N–H and O–H groups in total. The van der Waals surface area contributed by atoms with Crippen molar-refractivity contribution in [3.05, 3.63) is 66.3 Å². The third-order valence-corrected chi connectivity index (χ3v) is 6.34. The summed E-state index contributed by atoms with van der Waals surface area (Å²) in [6.07, 6.45) is -0.964. The largest absolute Gasteiger partial charge is 0.508 e. The van der Waals surface area contributed by atoms with E-state index in [4.69, 9.17) is 9.47 Å². The molecule has 6 unspecified atom stereocenters. The van der Waals surface area contributed by atoms with E-state index in [0.29, 0.717) is 24.0 Å². The Labute approximate surface area is 169 Å². The summed E-state index contributed by atoms with van der Waals surface area (Å²) in [7, 11) is 0. The Morgan fingerprint density at radius 2 is 1.86 bits per heavy atom. The van der Waals surface area contributed by atoms with Crippen LogP contribution in [-0.4, -0.2) is 40.5 Å². The van der Waals surface area contributed by atoms with Crippen LogP contribution in [0.15, 0.2) is 60.7 Å². The lowest BCUT2D eigenvalue weighted by molar-refractivity contribution is -0.151. The molecule has 0 amide bonds. The van der Waals surface area contributed by atoms with Crippen LogP contribution in [0.3, 0.4) is 0 Å². The van der Waals surface area contributed by atoms with E-state index in [9.17, 15) is 19.8 Å². The van der Waals surface area contributed by atoms with E-state index in [0.717, 1.165) is 5.57 Å². The zero-order valence-electron chi connectivity index (χ0n) is 16.0. The Bertz CT molecular complexity index is 898. The fourth-order valence-corrected chi connectivity index (χ4v) is 4.86. The lowest BCUT2D eigenvalue weighted by atomic mass is 9.81. The van der Waals surface area contributed by atoms with Crippen molar-refractivity contribution in [2.75, 3.05) is 0 Å². The van der Waals surface area contributed by atoms with Gasteiger partial charge in [-0.05, 0) is 35.6 Å². The summed E-state index contributed by atoms with van der Waals surface area (Å²) >= 11 is 0. The van der Waals surface area contributed by atoms with Crippen molar-refractivity contribution in [1.29, 1.82) is 0 Å². The first-order valence-electron chi connectivity index (χ1n) is 9.68. The van der Waals surface area contributed by atoms with E-state index in [1.165, 1.54) is 12.1 Å². The minimum Gasteiger partial charge on any atom is -0.508 e. The van der Waals surface area contributed by atoms with Crippen molar-refractivity contribution in [3.63, 3.8) is 0 Å². The maximum Gasteiger partial charge on any atom is 0.334 e. The molecule has 1 aliphatic heterocycles. The molecule has 1 aromatic carbocycles. The predicted molar refractivity (Wildman–Crippen MR) is 105 cm³/mol. The molecule has 6 nitrogen and oxygen atoms in total. The van der Waals surface area contributed by atoms with Crippen LogP contribution in [0.4, 0.5) is 0 Å². The molecule has 0 radical (unpaired) electrons. The zero-order valence-corrected chi connectivity index (χ0v) is 16.0. The number of hydrogen-bond acceptors (Lipinski definition) is 6. The Morgan fingerprint density at radius 3 is 2.55 bits per heavy atom. The van der Waals surface area contributed by atoms with Crippen LogP contribution in [0.5, 0.6) is 5.75 Å². The first kappa shape index (κ1) is 19.5. The van der Waals surface area contributed by atoms with Gasteiger partial charge in [0.25, 0.3) is 0 Å². The molecule has 6 atom stereocenters. The van der Waals surface area contributed by atoms with E-state index in [1.807, 2.05) is 0 Å². The Kier molecular flexibility index (Phi) is 4.82. The number of benzene rings is 1. The van der Waals surface area contributed by atoms with Gasteiger partial charge in [-0.25, -0.2) is 4.79 Å². The van der Waals surface area contributed by atoms with Gasteiger partial charge in [-0.1, -0.05) is 37.4 Å². The molecule has 0 spiro atoms. The van der Waals surface area contributed by atoms with Crippen molar-refractivity contribution in [1.82, 2.24) is 0 Å². The molecule has 3 aliphatic rings. The predicted octanol–water partition coefficient (Wildman–Crippen LogP) is 2.46. The fourth-order valence-electron chi connectivity index (χ4n) is 4.86. The SMILES string of the molecule is C=C1CC(OC(=O)Cc2ccc(O)cc2)C2C(=C)C(=O)OC2C2C(=C)C(O)CC12. The van der Waals surface area contributed by atoms with Gasteiger partial charge in [0.1, 0.15) is 18.0 Å². The van der Waals surface area contributed by atoms with Gasteiger partial charge in [0.15, 0.2) is 0 Å². The molecule has 6 heteroatoms. The van der Waals surface area contributed by atoms with E-state index < -0.39 is 36.2 Å². The van der Waals surface area contributed by atoms with Crippen molar-refractivity contribution in [2.24, 2.45) is 17.8 Å². The van der Waals surface area contributed by atoms with Gasteiger partial charge in [0.2, 0.25) is 0 Å². The number of fused-ring (bicyclic) bond motifs is 3. The number of carbonyl (C=O) groups excluding carboxylic acids is 2. The number of hydrogen-bond donors (Lipinski definition) is 2. The number of esters is 2. The lowest BCUT2D eigenvalue weighted by Gasteiger charge is -2.28. The van der Waals surface area contributed by atoms with Gasteiger partial charge in [-0.2, -0.15) is 0 Å². The van der Waals surface area contributed by atoms with Gasteiger partial charge in [0, 0.05) is 17.9 Å². The van der Waals surface area contributed by atoms with Crippen LogP contribution in [0, 0.1) is 17.8 Å². The third kappa shape index (κ3) is 3.38. The average molecular weight is 396 g/mol. The van der Waals surface area contributed by atoms with Crippen molar-refractivity contribution in [3.8, 4) is 5.75 Å². The summed E-state index contributed by atoms with van der Waals surface area (Å²) in [5.74, 6) is -1.65. The first-order chi connectivity index (χ1) is 13.8. The van der Waals surface area contributed by atoms with E-state index >= 15 is 0 Å². The highest BCUT2D eigenvalue weighted by Crippen LogP contribution is 2.52. The number of phenols is 1. The summed E-state index contributed by atoms with van der Waals surface area (Å²) in [5, 5.41) is 19.7. The number of aliphatic hydroxyl groups is 1. The third-order valence-electron chi connectivity index (χ3n) is 6.34. The van der Waals surface area contributed by atoms with Gasteiger partial charge in [-0.15, -0.1) is 0 Å². The van der Waals surface area contributed by atoms with Crippen molar-refractivity contribution < 1.29 is 29.3 Å². The fraction of sp³-hybridized carbons (Fsp3) is 0.391. The van der Waals surface area contributed by atoms with Crippen LogP contribution >= 0.6 is 0 Å². The second-order valence-corrected chi connectivity index (χ2v) is 8.11. The molecule has 0 aromatic heterocycles. The number of rotatable bonds is 3. The highest BCUT2D eigenvalue weighted by Gasteiger charge is 2.56.